The third-order valence-corrected chi connectivity index (χ3v) is 3.18. The fourth-order valence-electron chi connectivity index (χ4n) is 2.14. The van der Waals surface area contributed by atoms with Gasteiger partial charge in [-0.25, -0.2) is 0 Å². The van der Waals surface area contributed by atoms with Crippen molar-refractivity contribution >= 4 is 14.2 Å². The van der Waals surface area contributed by atoms with Gasteiger partial charge in [0.2, 0.25) is 5.91 Å². The molecule has 0 radical (unpaired) electrons. The van der Waals surface area contributed by atoms with Crippen LogP contribution in [0.4, 0.5) is 0 Å². The van der Waals surface area contributed by atoms with Gasteiger partial charge in [-0.3, -0.25) is 4.79 Å². The first-order valence-electron chi connectivity index (χ1n) is 6.98. The zero-order chi connectivity index (χ0) is 16.4. The molecule has 1 aliphatic rings. The Morgan fingerprint density at radius 1 is 1.39 bits per heavy atom. The van der Waals surface area contributed by atoms with E-state index in [4.69, 9.17) is 24.8 Å². The average molecular weight is 355 g/mol. The standard InChI is InChI=1S/C13H24N2O2.2H3N.HO3P/c1-4-10(5-2)17-12-8-6-7-11(14)13(12)15-9(3)16;;;1-4(2)3/h6,8,10-13H,4-5,7,14H2,1-3H3,(H,15,16);2*1H3;(H,1,2,3)/p+1/t11-,12+,13+;;;/m0.../s1. The second kappa shape index (κ2) is 14.6. The quantitative estimate of drug-likeness (QED) is 0.407. The molecule has 0 heterocycles. The molecule has 0 fully saturated rings. The number of rotatable bonds is 5. The maximum Gasteiger partial charge on any atom is 0.276 e. The summed E-state index contributed by atoms with van der Waals surface area (Å²) in [6.07, 6.45) is 6.91. The van der Waals surface area contributed by atoms with Crippen molar-refractivity contribution < 1.29 is 23.9 Å². The molecule has 0 aliphatic heterocycles. The molecular formula is C13H32N4O5P+. The molecule has 1 amide bonds. The molecule has 0 spiro atoms. The van der Waals surface area contributed by atoms with Crippen LogP contribution in [-0.4, -0.2) is 30.2 Å². The van der Waals surface area contributed by atoms with Gasteiger partial charge in [-0.05, 0) is 19.3 Å². The summed E-state index contributed by atoms with van der Waals surface area (Å²) < 4.78 is 14.5. The van der Waals surface area contributed by atoms with Gasteiger partial charge in [0.05, 0.1) is 18.2 Å². The summed E-state index contributed by atoms with van der Waals surface area (Å²) in [4.78, 5) is 28.1. The average Bonchev–Trinajstić information content (AvgIpc) is 2.38. The molecule has 11 N–H and O–H groups in total. The van der Waals surface area contributed by atoms with Crippen molar-refractivity contribution in [3.05, 3.63) is 12.2 Å². The first kappa shape index (κ1) is 26.9. The van der Waals surface area contributed by atoms with Crippen molar-refractivity contribution in [3.8, 4) is 0 Å². The van der Waals surface area contributed by atoms with Crippen molar-refractivity contribution in [1.82, 2.24) is 17.6 Å². The van der Waals surface area contributed by atoms with Crippen LogP contribution in [0.5, 0.6) is 0 Å². The molecule has 0 aromatic carbocycles. The number of carbonyl (C=O) groups is 1. The third-order valence-electron chi connectivity index (χ3n) is 3.18. The van der Waals surface area contributed by atoms with Crippen LogP contribution in [0, 0.1) is 0 Å². The Balaban J connectivity index is -0.000000598. The molecule has 138 valence electrons. The molecule has 23 heavy (non-hydrogen) atoms. The lowest BCUT2D eigenvalue weighted by molar-refractivity contribution is -0.297. The molecular weight excluding hydrogens is 323 g/mol. The van der Waals surface area contributed by atoms with E-state index in [1.54, 1.807) is 0 Å². The monoisotopic (exact) mass is 355 g/mol. The highest BCUT2D eigenvalue weighted by Crippen LogP contribution is 2.18. The highest BCUT2D eigenvalue weighted by Gasteiger charge is 2.30. The van der Waals surface area contributed by atoms with Crippen LogP contribution in [0.15, 0.2) is 12.2 Å². The Morgan fingerprint density at radius 2 is 1.87 bits per heavy atom. The summed E-state index contributed by atoms with van der Waals surface area (Å²) in [5, 5.41) is 2.89. The van der Waals surface area contributed by atoms with Crippen LogP contribution in [0.2, 0.25) is 0 Å². The van der Waals surface area contributed by atoms with E-state index in [1.165, 1.54) is 6.92 Å². The van der Waals surface area contributed by atoms with Crippen LogP contribution in [0.3, 0.4) is 0 Å². The number of quaternary nitrogens is 2. The van der Waals surface area contributed by atoms with Crippen LogP contribution < -0.4 is 33.1 Å². The topological polar surface area (TPSA) is 201 Å². The normalized spacial score (nSPS) is 22.1. The molecule has 9 nitrogen and oxygen atoms in total. The zero-order valence-electron chi connectivity index (χ0n) is 14.7. The highest BCUT2D eigenvalue weighted by atomic mass is 31.1. The number of nitrogens with two attached hydrogens (primary N) is 1. The van der Waals surface area contributed by atoms with Crippen molar-refractivity contribution in [3.63, 3.8) is 0 Å². The Bertz CT molecular complexity index is 362. The Morgan fingerprint density at radius 3 is 2.26 bits per heavy atom. The third kappa shape index (κ3) is 12.2. The van der Waals surface area contributed by atoms with Gasteiger partial charge in [0.1, 0.15) is 0 Å². The van der Waals surface area contributed by atoms with E-state index in [0.29, 0.717) is 0 Å². The van der Waals surface area contributed by atoms with Gasteiger partial charge in [0.15, 0.2) is 0 Å². The van der Waals surface area contributed by atoms with Gasteiger partial charge in [0.25, 0.3) is 8.25 Å². The number of amides is 1. The molecule has 0 bridgehead atoms. The van der Waals surface area contributed by atoms with E-state index in [-0.39, 0.29) is 42.5 Å². The first-order valence-corrected chi connectivity index (χ1v) is 8.07. The van der Waals surface area contributed by atoms with E-state index < -0.39 is 8.25 Å². The predicted octanol–water partition coefficient (Wildman–Crippen LogP) is 0.469. The number of hydrogen-bond acceptors (Lipinski definition) is 6. The summed E-state index contributed by atoms with van der Waals surface area (Å²) in [6, 6.07) is -0.179. The maximum atomic E-state index is 11.2. The smallest absolute Gasteiger partial charge is 0.276 e. The number of ether oxygens (including phenoxy) is 1. The largest absolute Gasteiger partial charge is 0.598 e. The zero-order valence-corrected chi connectivity index (χ0v) is 15.5. The van der Waals surface area contributed by atoms with Crippen LogP contribution in [0.1, 0.15) is 40.0 Å². The number of nitrogens with one attached hydrogen (secondary N) is 1. The lowest BCUT2D eigenvalue weighted by Gasteiger charge is -2.35. The maximum absolute atomic E-state index is 11.2. The fourth-order valence-corrected chi connectivity index (χ4v) is 2.14. The second-order valence-corrected chi connectivity index (χ2v) is 5.26. The Labute approximate surface area is 138 Å². The summed E-state index contributed by atoms with van der Waals surface area (Å²) >= 11 is 0. The second-order valence-electron chi connectivity index (χ2n) is 4.82. The van der Waals surface area contributed by atoms with Crippen molar-refractivity contribution in [2.45, 2.75) is 64.3 Å². The minimum absolute atomic E-state index is 0. The minimum atomic E-state index is -3.37. The molecule has 0 saturated heterocycles. The Hall–Kier alpha value is -0.930. The van der Waals surface area contributed by atoms with Crippen LogP contribution in [0.25, 0.3) is 0 Å². The number of hydrogen-bond donors (Lipinski definition) is 4. The lowest BCUT2D eigenvalue weighted by atomic mass is 9.93. The molecule has 0 aromatic rings. The van der Waals surface area contributed by atoms with E-state index >= 15 is 0 Å². The summed E-state index contributed by atoms with van der Waals surface area (Å²) in [7, 11) is -3.37. The van der Waals surface area contributed by atoms with Gasteiger partial charge < -0.3 is 37.9 Å². The minimum Gasteiger partial charge on any atom is -0.598 e. The number of carbonyl (C=O) groups excluding carboxylic acids is 1. The molecule has 0 aromatic heterocycles. The molecule has 1 rings (SSSR count). The van der Waals surface area contributed by atoms with E-state index in [9.17, 15) is 4.79 Å². The van der Waals surface area contributed by atoms with Crippen molar-refractivity contribution in [2.24, 2.45) is 5.73 Å². The van der Waals surface area contributed by atoms with E-state index in [1.807, 2.05) is 12.2 Å². The van der Waals surface area contributed by atoms with Crippen molar-refractivity contribution in [1.29, 1.82) is 0 Å². The predicted molar refractivity (Wildman–Crippen MR) is 88.2 cm³/mol. The van der Waals surface area contributed by atoms with Gasteiger partial charge in [-0.2, -0.15) is 0 Å². The Kier molecular flexibility index (Phi) is 17.2. The highest BCUT2D eigenvalue weighted by molar-refractivity contribution is 7.27. The van der Waals surface area contributed by atoms with Gasteiger partial charge >= 0.3 is 0 Å². The molecule has 3 atom stereocenters. The van der Waals surface area contributed by atoms with Crippen molar-refractivity contribution in [2.75, 3.05) is 0 Å². The molecule has 0 unspecified atom stereocenters. The summed E-state index contributed by atoms with van der Waals surface area (Å²) in [5.41, 5.74) is 6.03. The van der Waals surface area contributed by atoms with Crippen LogP contribution >= 0.6 is 8.25 Å². The molecule has 10 heteroatoms. The van der Waals surface area contributed by atoms with Gasteiger partial charge in [-0.15, -0.1) is 0 Å². The van der Waals surface area contributed by atoms with E-state index in [2.05, 4.69) is 19.2 Å². The molecule has 1 aliphatic carbocycles. The van der Waals surface area contributed by atoms with Gasteiger partial charge in [0, 0.05) is 13.0 Å². The van der Waals surface area contributed by atoms with Crippen LogP contribution in [-0.2, 0) is 14.1 Å². The van der Waals surface area contributed by atoms with Gasteiger partial charge in [-0.1, -0.05) is 30.6 Å². The molecule has 0 saturated carbocycles. The summed E-state index contributed by atoms with van der Waals surface area (Å²) in [5.74, 6) is -0.0566. The lowest BCUT2D eigenvalue weighted by Crippen LogP contribution is -2.55. The SMILES string of the molecule is CCC(CC)O[C@@H]1C=CC[C@H](N)[C@H]1NC(C)=O.O=[P+]([O-])[O-].[NH4+].[NH4+]. The fraction of sp³-hybridized carbons (Fsp3) is 0.769. The first-order chi connectivity index (χ1) is 9.81. The van der Waals surface area contributed by atoms with E-state index in [0.717, 1.165) is 19.3 Å². The summed E-state index contributed by atoms with van der Waals surface area (Å²) in [6.45, 7) is 5.72.